The van der Waals surface area contributed by atoms with Crippen LogP contribution in [0.3, 0.4) is 0 Å². The lowest BCUT2D eigenvalue weighted by Gasteiger charge is -2.16. The summed E-state index contributed by atoms with van der Waals surface area (Å²) >= 11 is 0. The molecule has 1 aliphatic rings. The van der Waals surface area contributed by atoms with Crippen molar-refractivity contribution in [1.29, 1.82) is 0 Å². The summed E-state index contributed by atoms with van der Waals surface area (Å²) in [6.07, 6.45) is 4.32. The fraction of sp³-hybridized carbons (Fsp3) is 0.381. The Morgan fingerprint density at radius 1 is 1.24 bits per heavy atom. The molecule has 1 amide bonds. The SMILES string of the molecule is COc1ccc(Cn2ncc3cc(C(=O)N4CC[C@@H](CN)C4)cnc32)c(OC)c1. The van der Waals surface area contributed by atoms with Gasteiger partial charge in [0, 0.05) is 36.3 Å². The molecule has 2 N–H and O–H groups in total. The van der Waals surface area contributed by atoms with Gasteiger partial charge in [0.2, 0.25) is 0 Å². The zero-order chi connectivity index (χ0) is 20.4. The van der Waals surface area contributed by atoms with Gasteiger partial charge in [0.25, 0.3) is 5.91 Å². The summed E-state index contributed by atoms with van der Waals surface area (Å²) in [5.74, 6) is 1.84. The molecule has 0 aliphatic carbocycles. The first-order valence-electron chi connectivity index (χ1n) is 9.64. The second kappa shape index (κ2) is 8.08. The van der Waals surface area contributed by atoms with Gasteiger partial charge in [-0.25, -0.2) is 9.67 Å². The number of ether oxygens (including phenoxy) is 2. The van der Waals surface area contributed by atoms with E-state index in [-0.39, 0.29) is 5.91 Å². The molecule has 2 aromatic heterocycles. The Morgan fingerprint density at radius 3 is 2.83 bits per heavy atom. The van der Waals surface area contributed by atoms with Crippen molar-refractivity contribution in [3.63, 3.8) is 0 Å². The predicted octanol–water partition coefficient (Wildman–Crippen LogP) is 1.92. The van der Waals surface area contributed by atoms with Gasteiger partial charge in [-0.2, -0.15) is 5.10 Å². The molecule has 1 fully saturated rings. The van der Waals surface area contributed by atoms with Crippen molar-refractivity contribution < 1.29 is 14.3 Å². The Balaban J connectivity index is 1.57. The van der Waals surface area contributed by atoms with Gasteiger partial charge < -0.3 is 20.1 Å². The van der Waals surface area contributed by atoms with Crippen LogP contribution in [0, 0.1) is 5.92 Å². The summed E-state index contributed by atoms with van der Waals surface area (Å²) in [5.41, 5.74) is 8.00. The zero-order valence-electron chi connectivity index (χ0n) is 16.7. The van der Waals surface area contributed by atoms with Gasteiger partial charge in [0.05, 0.1) is 32.5 Å². The Labute approximate surface area is 169 Å². The number of amides is 1. The summed E-state index contributed by atoms with van der Waals surface area (Å²) in [6, 6.07) is 7.54. The molecule has 0 radical (unpaired) electrons. The number of carbonyl (C=O) groups is 1. The highest BCUT2D eigenvalue weighted by atomic mass is 16.5. The molecule has 152 valence electrons. The molecule has 4 rings (SSSR count). The lowest BCUT2D eigenvalue weighted by atomic mass is 10.1. The molecule has 0 spiro atoms. The Morgan fingerprint density at radius 2 is 2.10 bits per heavy atom. The van der Waals surface area contributed by atoms with Crippen molar-refractivity contribution in [2.75, 3.05) is 33.9 Å². The number of pyridine rings is 1. The van der Waals surface area contributed by atoms with Gasteiger partial charge in [-0.1, -0.05) is 0 Å². The van der Waals surface area contributed by atoms with Crippen LogP contribution in [-0.4, -0.2) is 59.4 Å². The monoisotopic (exact) mass is 395 g/mol. The van der Waals surface area contributed by atoms with Gasteiger partial charge in [-0.05, 0) is 37.1 Å². The van der Waals surface area contributed by atoms with Crippen LogP contribution in [0.4, 0.5) is 0 Å². The summed E-state index contributed by atoms with van der Waals surface area (Å²) in [6.45, 7) is 2.57. The molecule has 8 nitrogen and oxygen atoms in total. The van der Waals surface area contributed by atoms with Crippen molar-refractivity contribution >= 4 is 16.9 Å². The fourth-order valence-corrected chi connectivity index (χ4v) is 3.74. The average molecular weight is 395 g/mol. The van der Waals surface area contributed by atoms with Crippen molar-refractivity contribution in [3.05, 3.63) is 47.8 Å². The third kappa shape index (κ3) is 3.75. The standard InChI is InChI=1S/C21H25N5O3/c1-28-18-4-3-15(19(8-18)29-2)13-26-20-16(11-24-26)7-17(10-23-20)21(27)25-6-5-14(9-22)12-25/h3-4,7-8,10-11,14H,5-6,9,12-13,22H2,1-2H3/t14-/m0/s1. The van der Waals surface area contributed by atoms with E-state index >= 15 is 0 Å². The first-order chi connectivity index (χ1) is 14.1. The van der Waals surface area contributed by atoms with Gasteiger partial charge in [-0.3, -0.25) is 4.79 Å². The lowest BCUT2D eigenvalue weighted by molar-refractivity contribution is 0.0787. The van der Waals surface area contributed by atoms with E-state index in [0.717, 1.165) is 41.1 Å². The maximum atomic E-state index is 12.8. The van der Waals surface area contributed by atoms with Crippen LogP contribution >= 0.6 is 0 Å². The highest BCUT2D eigenvalue weighted by Crippen LogP contribution is 2.26. The maximum Gasteiger partial charge on any atom is 0.255 e. The minimum Gasteiger partial charge on any atom is -0.497 e. The van der Waals surface area contributed by atoms with Crippen LogP contribution in [0.25, 0.3) is 11.0 Å². The quantitative estimate of drug-likeness (QED) is 0.685. The number of hydrogen-bond acceptors (Lipinski definition) is 6. The smallest absolute Gasteiger partial charge is 0.255 e. The second-order valence-electron chi connectivity index (χ2n) is 7.26. The number of hydrogen-bond donors (Lipinski definition) is 1. The highest BCUT2D eigenvalue weighted by molar-refractivity contribution is 5.97. The number of methoxy groups -OCH3 is 2. The van der Waals surface area contributed by atoms with Gasteiger partial charge >= 0.3 is 0 Å². The lowest BCUT2D eigenvalue weighted by Crippen LogP contribution is -2.29. The normalized spacial score (nSPS) is 16.4. The van der Waals surface area contributed by atoms with Crippen LogP contribution in [-0.2, 0) is 6.54 Å². The summed E-state index contributed by atoms with van der Waals surface area (Å²) in [7, 11) is 3.25. The molecular formula is C21H25N5O3. The first kappa shape index (κ1) is 19.2. The number of rotatable bonds is 6. The van der Waals surface area contributed by atoms with E-state index in [1.165, 1.54) is 0 Å². The molecule has 1 aromatic carbocycles. The Bertz CT molecular complexity index is 1030. The van der Waals surface area contributed by atoms with Crippen LogP contribution in [0.2, 0.25) is 0 Å². The number of nitrogens with two attached hydrogens (primary N) is 1. The molecule has 0 bridgehead atoms. The number of benzene rings is 1. The minimum atomic E-state index is -0.0000707. The summed E-state index contributed by atoms with van der Waals surface area (Å²) < 4.78 is 12.5. The molecule has 0 saturated carbocycles. The van der Waals surface area contributed by atoms with E-state index in [2.05, 4.69) is 10.1 Å². The molecule has 1 saturated heterocycles. The van der Waals surface area contributed by atoms with E-state index in [0.29, 0.717) is 31.1 Å². The molecule has 1 aliphatic heterocycles. The minimum absolute atomic E-state index is 0.0000707. The van der Waals surface area contributed by atoms with Crippen LogP contribution in [0.15, 0.2) is 36.7 Å². The summed E-state index contributed by atoms with van der Waals surface area (Å²) in [4.78, 5) is 19.2. The maximum absolute atomic E-state index is 12.8. The molecule has 1 atom stereocenters. The zero-order valence-corrected chi connectivity index (χ0v) is 16.7. The average Bonchev–Trinajstić information content (AvgIpc) is 3.40. The van der Waals surface area contributed by atoms with Crippen molar-refractivity contribution in [2.24, 2.45) is 11.7 Å². The van der Waals surface area contributed by atoms with E-state index in [1.807, 2.05) is 29.2 Å². The van der Waals surface area contributed by atoms with Crippen molar-refractivity contribution in [2.45, 2.75) is 13.0 Å². The molecule has 0 unspecified atom stereocenters. The Kier molecular flexibility index (Phi) is 5.35. The van der Waals surface area contributed by atoms with E-state index in [9.17, 15) is 4.79 Å². The number of fused-ring (bicyclic) bond motifs is 1. The van der Waals surface area contributed by atoms with Gasteiger partial charge in [0.1, 0.15) is 11.5 Å². The number of carbonyl (C=O) groups excluding carboxylic acids is 1. The number of nitrogens with zero attached hydrogens (tertiary/aromatic N) is 4. The molecule has 29 heavy (non-hydrogen) atoms. The highest BCUT2D eigenvalue weighted by Gasteiger charge is 2.26. The van der Waals surface area contributed by atoms with Crippen LogP contribution in [0.1, 0.15) is 22.3 Å². The fourth-order valence-electron chi connectivity index (χ4n) is 3.74. The van der Waals surface area contributed by atoms with E-state index in [4.69, 9.17) is 15.2 Å². The Hall–Kier alpha value is -3.13. The van der Waals surface area contributed by atoms with Gasteiger partial charge in [0.15, 0.2) is 5.65 Å². The molecular weight excluding hydrogens is 370 g/mol. The molecule has 3 aromatic rings. The van der Waals surface area contributed by atoms with Crippen LogP contribution in [0.5, 0.6) is 11.5 Å². The second-order valence-corrected chi connectivity index (χ2v) is 7.26. The first-order valence-corrected chi connectivity index (χ1v) is 9.64. The van der Waals surface area contributed by atoms with Crippen LogP contribution < -0.4 is 15.2 Å². The third-order valence-corrected chi connectivity index (χ3v) is 5.44. The number of likely N-dealkylation sites (tertiary alicyclic amines) is 1. The van der Waals surface area contributed by atoms with Crippen molar-refractivity contribution in [3.8, 4) is 11.5 Å². The topological polar surface area (TPSA) is 95.5 Å². The summed E-state index contributed by atoms with van der Waals surface area (Å²) in [5, 5.41) is 5.29. The van der Waals surface area contributed by atoms with E-state index < -0.39 is 0 Å². The molecule has 3 heterocycles. The largest absolute Gasteiger partial charge is 0.497 e. The molecule has 8 heteroatoms. The number of aromatic nitrogens is 3. The van der Waals surface area contributed by atoms with Crippen molar-refractivity contribution in [1.82, 2.24) is 19.7 Å². The predicted molar refractivity (Wildman–Crippen MR) is 109 cm³/mol. The third-order valence-electron chi connectivity index (χ3n) is 5.44. The van der Waals surface area contributed by atoms with Gasteiger partial charge in [-0.15, -0.1) is 0 Å². The van der Waals surface area contributed by atoms with E-state index in [1.54, 1.807) is 31.3 Å².